The van der Waals surface area contributed by atoms with Crippen molar-refractivity contribution in [2.45, 2.75) is 46.1 Å². The molecule has 0 heterocycles. The topological polar surface area (TPSA) is 38.0 Å². The van der Waals surface area contributed by atoms with E-state index < -0.39 is 0 Å². The van der Waals surface area contributed by atoms with Crippen LogP contribution in [0.2, 0.25) is 0 Å². The van der Waals surface area contributed by atoms with E-state index in [0.29, 0.717) is 0 Å². The number of hydrogen-bond acceptors (Lipinski definition) is 2. The van der Waals surface area contributed by atoms with E-state index in [0.717, 1.165) is 19.3 Å². The van der Waals surface area contributed by atoms with Crippen LogP contribution in [0.5, 0.6) is 0 Å². The quantitative estimate of drug-likeness (QED) is 0.629. The van der Waals surface area contributed by atoms with Crippen LogP contribution in [-0.4, -0.2) is 6.04 Å². The van der Waals surface area contributed by atoms with Gasteiger partial charge in [-0.05, 0) is 60.9 Å². The molecule has 1 unspecified atom stereocenters. The number of hydrogen-bond donors (Lipinski definition) is 2. The number of hydrazine groups is 1. The zero-order chi connectivity index (χ0) is 15.2. The largest absolute Gasteiger partial charge is 0.271 e. The highest BCUT2D eigenvalue weighted by Crippen LogP contribution is 2.14. The molecule has 0 spiro atoms. The normalized spacial score (nSPS) is 12.4. The van der Waals surface area contributed by atoms with Gasteiger partial charge in [0.25, 0.3) is 0 Å². The first kappa shape index (κ1) is 15.7. The zero-order valence-electron chi connectivity index (χ0n) is 13.3. The van der Waals surface area contributed by atoms with E-state index >= 15 is 0 Å². The van der Waals surface area contributed by atoms with E-state index in [1.165, 1.54) is 27.8 Å². The van der Waals surface area contributed by atoms with Crippen LogP contribution in [0.25, 0.3) is 0 Å². The Balaban J connectivity index is 2.03. The number of nitrogens with one attached hydrogen (secondary N) is 1. The molecule has 1 atom stereocenters. The van der Waals surface area contributed by atoms with Crippen LogP contribution in [0.4, 0.5) is 0 Å². The van der Waals surface area contributed by atoms with Gasteiger partial charge < -0.3 is 0 Å². The van der Waals surface area contributed by atoms with Gasteiger partial charge in [0.1, 0.15) is 0 Å². The Bertz CT molecular complexity index is 573. The second-order valence-corrected chi connectivity index (χ2v) is 5.86. The maximum Gasteiger partial charge on any atom is 0.0291 e. The Kier molecular flexibility index (Phi) is 5.54. The van der Waals surface area contributed by atoms with Crippen LogP contribution in [0.3, 0.4) is 0 Å². The Hall–Kier alpha value is -1.64. The highest BCUT2D eigenvalue weighted by Gasteiger charge is 2.09. The van der Waals surface area contributed by atoms with Gasteiger partial charge >= 0.3 is 0 Å². The molecule has 0 aromatic heterocycles. The molecule has 0 fully saturated rings. The first-order valence-corrected chi connectivity index (χ1v) is 7.72. The number of nitrogens with two attached hydrogens (primary N) is 1. The first-order chi connectivity index (χ1) is 10.1. The molecule has 0 aliphatic rings. The summed E-state index contributed by atoms with van der Waals surface area (Å²) in [6.45, 7) is 6.49. The van der Waals surface area contributed by atoms with Crippen LogP contribution in [0, 0.1) is 13.8 Å². The summed E-state index contributed by atoms with van der Waals surface area (Å²) in [6, 6.07) is 15.8. The average Bonchev–Trinajstić information content (AvgIpc) is 2.51. The first-order valence-electron chi connectivity index (χ1n) is 7.72. The van der Waals surface area contributed by atoms with Gasteiger partial charge in [-0.25, -0.2) is 0 Å². The molecule has 2 aromatic carbocycles. The summed E-state index contributed by atoms with van der Waals surface area (Å²) in [5.74, 6) is 5.74. The third kappa shape index (κ3) is 4.42. The number of rotatable bonds is 6. The minimum atomic E-state index is 0.264. The molecule has 0 aliphatic carbocycles. The lowest BCUT2D eigenvalue weighted by Crippen LogP contribution is -2.38. The molecule has 0 radical (unpaired) electrons. The molecular formula is C19H26N2. The highest BCUT2D eigenvalue weighted by atomic mass is 15.2. The summed E-state index contributed by atoms with van der Waals surface area (Å²) in [5.41, 5.74) is 9.70. The third-order valence-corrected chi connectivity index (χ3v) is 4.20. The van der Waals surface area contributed by atoms with Crippen molar-refractivity contribution >= 4 is 0 Å². The van der Waals surface area contributed by atoms with Crippen LogP contribution in [0.1, 0.15) is 34.7 Å². The van der Waals surface area contributed by atoms with Crippen molar-refractivity contribution in [2.75, 3.05) is 0 Å². The van der Waals surface area contributed by atoms with E-state index in [1.54, 1.807) is 0 Å². The molecule has 2 aromatic rings. The Labute approximate surface area is 128 Å². The fraction of sp³-hybridized carbons (Fsp3) is 0.368. The molecule has 0 saturated heterocycles. The van der Waals surface area contributed by atoms with Crippen molar-refractivity contribution in [3.05, 3.63) is 70.3 Å². The van der Waals surface area contributed by atoms with Gasteiger partial charge in [0.2, 0.25) is 0 Å². The summed E-state index contributed by atoms with van der Waals surface area (Å²) in [4.78, 5) is 0. The lowest BCUT2D eigenvalue weighted by molar-refractivity contribution is 0.522. The van der Waals surface area contributed by atoms with Gasteiger partial charge in [0.15, 0.2) is 0 Å². The Morgan fingerprint density at radius 1 is 0.857 bits per heavy atom. The minimum Gasteiger partial charge on any atom is -0.271 e. The maximum absolute atomic E-state index is 5.74. The van der Waals surface area contributed by atoms with Crippen molar-refractivity contribution < 1.29 is 0 Å². The molecule has 112 valence electrons. The van der Waals surface area contributed by atoms with Crippen LogP contribution in [-0.2, 0) is 19.3 Å². The summed E-state index contributed by atoms with van der Waals surface area (Å²) in [5, 5.41) is 0. The summed E-state index contributed by atoms with van der Waals surface area (Å²) in [7, 11) is 0. The zero-order valence-corrected chi connectivity index (χ0v) is 13.3. The Morgan fingerprint density at radius 3 is 2.00 bits per heavy atom. The van der Waals surface area contributed by atoms with E-state index in [9.17, 15) is 0 Å². The summed E-state index contributed by atoms with van der Waals surface area (Å²) < 4.78 is 0. The lowest BCUT2D eigenvalue weighted by Gasteiger charge is -2.17. The van der Waals surface area contributed by atoms with Gasteiger partial charge in [-0.15, -0.1) is 0 Å². The molecule has 2 rings (SSSR count). The van der Waals surface area contributed by atoms with E-state index in [4.69, 9.17) is 5.84 Å². The fourth-order valence-corrected chi connectivity index (χ4v) is 2.60. The van der Waals surface area contributed by atoms with Gasteiger partial charge in [0, 0.05) is 6.04 Å². The molecular weight excluding hydrogens is 256 g/mol. The molecule has 2 nitrogen and oxygen atoms in total. The standard InChI is InChI=1S/C19H26N2/c1-4-16-7-9-17(10-8-16)12-19(21-20)13-18-6-5-14(2)15(3)11-18/h5-11,19,21H,4,12-13,20H2,1-3H3. The second-order valence-electron chi connectivity index (χ2n) is 5.86. The smallest absolute Gasteiger partial charge is 0.0291 e. The van der Waals surface area contributed by atoms with Crippen molar-refractivity contribution in [3.8, 4) is 0 Å². The van der Waals surface area contributed by atoms with Crippen LogP contribution < -0.4 is 11.3 Å². The molecule has 0 bridgehead atoms. The van der Waals surface area contributed by atoms with Gasteiger partial charge in [-0.1, -0.05) is 49.4 Å². The third-order valence-electron chi connectivity index (χ3n) is 4.20. The van der Waals surface area contributed by atoms with Gasteiger partial charge in [-0.3, -0.25) is 11.3 Å². The van der Waals surface area contributed by atoms with Crippen LogP contribution >= 0.6 is 0 Å². The van der Waals surface area contributed by atoms with Crippen LogP contribution in [0.15, 0.2) is 42.5 Å². The number of aryl methyl sites for hydroxylation is 3. The molecule has 0 saturated carbocycles. The fourth-order valence-electron chi connectivity index (χ4n) is 2.60. The lowest BCUT2D eigenvalue weighted by atomic mass is 9.96. The maximum atomic E-state index is 5.74. The molecule has 2 heteroatoms. The predicted molar refractivity (Wildman–Crippen MR) is 90.3 cm³/mol. The minimum absolute atomic E-state index is 0.264. The van der Waals surface area contributed by atoms with Crippen molar-refractivity contribution in [2.24, 2.45) is 5.84 Å². The van der Waals surface area contributed by atoms with Crippen molar-refractivity contribution in [3.63, 3.8) is 0 Å². The molecule has 3 N–H and O–H groups in total. The average molecular weight is 282 g/mol. The van der Waals surface area contributed by atoms with E-state index in [-0.39, 0.29) is 6.04 Å². The van der Waals surface area contributed by atoms with Crippen molar-refractivity contribution in [1.29, 1.82) is 0 Å². The number of benzene rings is 2. The molecule has 0 aliphatic heterocycles. The van der Waals surface area contributed by atoms with Gasteiger partial charge in [-0.2, -0.15) is 0 Å². The highest BCUT2D eigenvalue weighted by molar-refractivity contribution is 5.31. The van der Waals surface area contributed by atoms with Gasteiger partial charge in [0.05, 0.1) is 0 Å². The second kappa shape index (κ2) is 7.39. The molecule has 21 heavy (non-hydrogen) atoms. The van der Waals surface area contributed by atoms with E-state index in [1.807, 2.05) is 0 Å². The monoisotopic (exact) mass is 282 g/mol. The SMILES string of the molecule is CCc1ccc(CC(Cc2ccc(C)c(C)c2)NN)cc1. The Morgan fingerprint density at radius 2 is 1.43 bits per heavy atom. The molecule has 0 amide bonds. The van der Waals surface area contributed by atoms with Crippen molar-refractivity contribution in [1.82, 2.24) is 5.43 Å². The predicted octanol–water partition coefficient (Wildman–Crippen LogP) is 3.48. The summed E-state index contributed by atoms with van der Waals surface area (Å²) in [6.07, 6.45) is 2.99. The summed E-state index contributed by atoms with van der Waals surface area (Å²) >= 11 is 0. The van der Waals surface area contributed by atoms with E-state index in [2.05, 4.69) is 68.7 Å².